The van der Waals surface area contributed by atoms with Crippen molar-refractivity contribution in [2.75, 3.05) is 13.2 Å². The molecule has 1 atom stereocenters. The molecule has 0 spiro atoms. The summed E-state index contributed by atoms with van der Waals surface area (Å²) in [6.45, 7) is 3.26. The predicted molar refractivity (Wildman–Crippen MR) is 140 cm³/mol. The van der Waals surface area contributed by atoms with Crippen molar-refractivity contribution in [1.29, 1.82) is 0 Å². The Bertz CT molecular complexity index is 1740. The molecule has 0 unspecified atom stereocenters. The van der Waals surface area contributed by atoms with E-state index in [-0.39, 0.29) is 22.8 Å². The van der Waals surface area contributed by atoms with E-state index in [9.17, 15) is 5.11 Å². The Kier molecular flexibility index (Phi) is 5.01. The average Bonchev–Trinajstić information content (AvgIpc) is 3.57. The lowest BCUT2D eigenvalue weighted by atomic mass is 9.88. The Morgan fingerprint density at radius 1 is 1.21 bits per heavy atom. The first kappa shape index (κ1) is 21.3. The molecule has 38 heavy (non-hydrogen) atoms. The molecule has 198 valence electrons. The molecule has 0 aliphatic carbocycles. The van der Waals surface area contributed by atoms with Gasteiger partial charge in [0.1, 0.15) is 28.1 Å². The van der Waals surface area contributed by atoms with Crippen LogP contribution in [0.4, 0.5) is 4.39 Å². The van der Waals surface area contributed by atoms with Gasteiger partial charge in [0.2, 0.25) is 0 Å². The lowest BCUT2D eigenvalue weighted by molar-refractivity contribution is 0.0538. The van der Waals surface area contributed by atoms with Crippen LogP contribution in [-0.4, -0.2) is 57.6 Å². The van der Waals surface area contributed by atoms with E-state index >= 15 is 4.39 Å². The zero-order valence-corrected chi connectivity index (χ0v) is 21.7. The molecular weight excluding hydrogens is 487 g/mol. The summed E-state index contributed by atoms with van der Waals surface area (Å²) in [4.78, 5) is 9.25. The van der Waals surface area contributed by atoms with Crippen molar-refractivity contribution < 1.29 is 18.3 Å². The van der Waals surface area contributed by atoms with Crippen LogP contribution >= 0.6 is 0 Å². The van der Waals surface area contributed by atoms with Gasteiger partial charge >= 0.3 is 0 Å². The van der Waals surface area contributed by atoms with Gasteiger partial charge in [-0.15, -0.1) is 5.10 Å². The minimum atomic E-state index is -2.67. The minimum absolute atomic E-state index is 0.110. The molecule has 10 nitrogen and oxygen atoms in total. The molecule has 1 N–H and O–H groups in total. The summed E-state index contributed by atoms with van der Waals surface area (Å²) in [6.07, 6.45) is 4.45. The SMILES string of the molecule is [2H]C([2H])([2H])n1nc(C(C)(C)O)c2c1c1ncc(-c3c(C)nnn3C)cc1n2[C@H](c1ncccc1F)C1CCOCC1. The second-order valence-corrected chi connectivity index (χ2v) is 10.4. The van der Waals surface area contributed by atoms with Gasteiger partial charge in [0.05, 0.1) is 34.2 Å². The normalized spacial score (nSPS) is 17.6. The van der Waals surface area contributed by atoms with Crippen LogP contribution in [0, 0.1) is 18.7 Å². The Balaban J connectivity index is 1.80. The largest absolute Gasteiger partial charge is 0.384 e. The third kappa shape index (κ3) is 3.80. The van der Waals surface area contributed by atoms with Gasteiger partial charge in [-0.05, 0) is 57.7 Å². The van der Waals surface area contributed by atoms with Gasteiger partial charge in [-0.1, -0.05) is 5.21 Å². The third-order valence-electron chi connectivity index (χ3n) is 7.36. The van der Waals surface area contributed by atoms with Crippen LogP contribution in [0.2, 0.25) is 0 Å². The molecule has 0 aromatic carbocycles. The first-order valence-electron chi connectivity index (χ1n) is 14.1. The highest BCUT2D eigenvalue weighted by Gasteiger charge is 2.37. The van der Waals surface area contributed by atoms with E-state index in [0.29, 0.717) is 53.9 Å². The quantitative estimate of drug-likeness (QED) is 0.375. The molecule has 1 aliphatic rings. The summed E-state index contributed by atoms with van der Waals surface area (Å²) in [5, 5.41) is 24.0. The van der Waals surface area contributed by atoms with Crippen molar-refractivity contribution in [3.8, 4) is 11.3 Å². The molecular formula is C27H31FN8O2. The van der Waals surface area contributed by atoms with Crippen molar-refractivity contribution in [1.82, 2.24) is 39.3 Å². The van der Waals surface area contributed by atoms with E-state index in [2.05, 4.69) is 20.4 Å². The lowest BCUT2D eigenvalue weighted by Gasteiger charge is -2.32. The van der Waals surface area contributed by atoms with Crippen LogP contribution in [0.25, 0.3) is 33.3 Å². The molecule has 5 aromatic heterocycles. The molecule has 0 saturated carbocycles. The number of rotatable bonds is 5. The molecule has 5 aromatic rings. The lowest BCUT2D eigenvalue weighted by Crippen LogP contribution is -2.29. The van der Waals surface area contributed by atoms with Gasteiger partial charge in [-0.25, -0.2) is 9.07 Å². The smallest absolute Gasteiger partial charge is 0.146 e. The fourth-order valence-corrected chi connectivity index (χ4v) is 5.68. The maximum atomic E-state index is 15.6. The molecule has 1 aliphatic heterocycles. The predicted octanol–water partition coefficient (Wildman–Crippen LogP) is 3.80. The Morgan fingerprint density at radius 3 is 2.66 bits per heavy atom. The van der Waals surface area contributed by atoms with E-state index in [1.807, 2.05) is 17.6 Å². The number of aliphatic hydroxyl groups is 1. The molecule has 6 rings (SSSR count). The first-order chi connectivity index (χ1) is 19.4. The van der Waals surface area contributed by atoms with E-state index in [4.69, 9.17) is 13.8 Å². The molecule has 1 saturated heterocycles. The van der Waals surface area contributed by atoms with E-state index in [1.165, 1.54) is 12.1 Å². The summed E-state index contributed by atoms with van der Waals surface area (Å²) in [7, 11) is 1.78. The maximum absolute atomic E-state index is 15.6. The van der Waals surface area contributed by atoms with Gasteiger partial charge in [0.25, 0.3) is 0 Å². The van der Waals surface area contributed by atoms with Crippen molar-refractivity contribution in [2.24, 2.45) is 19.9 Å². The van der Waals surface area contributed by atoms with Crippen molar-refractivity contribution in [2.45, 2.75) is 45.3 Å². The van der Waals surface area contributed by atoms with Gasteiger partial charge in [-0.3, -0.25) is 14.6 Å². The fourth-order valence-electron chi connectivity index (χ4n) is 5.68. The van der Waals surface area contributed by atoms with Crippen LogP contribution in [0.3, 0.4) is 0 Å². The molecule has 6 heterocycles. The summed E-state index contributed by atoms with van der Waals surface area (Å²) >= 11 is 0. The van der Waals surface area contributed by atoms with E-state index in [1.54, 1.807) is 38.0 Å². The summed E-state index contributed by atoms with van der Waals surface area (Å²) in [5.74, 6) is -0.593. The van der Waals surface area contributed by atoms with Crippen LogP contribution in [0.15, 0.2) is 30.6 Å². The van der Waals surface area contributed by atoms with Gasteiger partial charge in [0, 0.05) is 49.3 Å². The monoisotopic (exact) mass is 521 g/mol. The first-order valence-corrected chi connectivity index (χ1v) is 12.6. The number of fused-ring (bicyclic) bond motifs is 3. The molecule has 0 bridgehead atoms. The number of halogens is 1. The number of hydrogen-bond acceptors (Lipinski definition) is 7. The van der Waals surface area contributed by atoms with Crippen molar-refractivity contribution >= 4 is 22.1 Å². The highest BCUT2D eigenvalue weighted by molar-refractivity contribution is 6.06. The molecule has 0 radical (unpaired) electrons. The van der Waals surface area contributed by atoms with Gasteiger partial charge in [0.15, 0.2) is 0 Å². The van der Waals surface area contributed by atoms with Crippen molar-refractivity contribution in [3.63, 3.8) is 0 Å². The van der Waals surface area contributed by atoms with Crippen LogP contribution < -0.4 is 0 Å². The number of aromatic nitrogens is 8. The van der Waals surface area contributed by atoms with E-state index < -0.39 is 24.4 Å². The van der Waals surface area contributed by atoms with Crippen molar-refractivity contribution in [3.05, 3.63) is 53.5 Å². The fraction of sp³-hybridized carbons (Fsp3) is 0.444. The summed E-state index contributed by atoms with van der Waals surface area (Å²) in [5.41, 5.74) is 2.49. The molecule has 11 heteroatoms. The van der Waals surface area contributed by atoms with Crippen LogP contribution in [0.5, 0.6) is 0 Å². The number of aryl methyl sites for hydroxylation is 3. The average molecular weight is 522 g/mol. The number of pyridine rings is 2. The Morgan fingerprint density at radius 2 is 2.00 bits per heavy atom. The van der Waals surface area contributed by atoms with E-state index in [0.717, 1.165) is 10.4 Å². The summed E-state index contributed by atoms with van der Waals surface area (Å²) in [6, 6.07) is 4.13. The maximum Gasteiger partial charge on any atom is 0.146 e. The Hall–Kier alpha value is -3.70. The van der Waals surface area contributed by atoms with Gasteiger partial charge in [-0.2, -0.15) is 5.10 Å². The summed E-state index contributed by atoms with van der Waals surface area (Å²) < 4.78 is 50.6. The highest BCUT2D eigenvalue weighted by Crippen LogP contribution is 2.43. The number of hydrogen-bond donors (Lipinski definition) is 1. The molecule has 0 amide bonds. The zero-order chi connectivity index (χ0) is 29.3. The molecule has 1 fully saturated rings. The zero-order valence-electron chi connectivity index (χ0n) is 24.7. The van der Waals surface area contributed by atoms with Crippen LogP contribution in [-0.2, 0) is 24.4 Å². The third-order valence-corrected chi connectivity index (χ3v) is 7.36. The second-order valence-electron chi connectivity index (χ2n) is 10.4. The second kappa shape index (κ2) is 8.95. The number of nitrogens with zero attached hydrogens (tertiary/aromatic N) is 8. The Labute approximate surface area is 223 Å². The van der Waals surface area contributed by atoms with Gasteiger partial charge < -0.3 is 14.4 Å². The number of ether oxygens (including phenoxy) is 1. The highest BCUT2D eigenvalue weighted by atomic mass is 19.1. The standard InChI is InChI=1S/C27H31FN8O2/c1-15-22(35(5)33-31-15)17-13-19-21(30-14-17)24-25(26(27(2,3)37)32-34(24)4)36(19)23(16-8-11-38-12-9-16)20-18(28)7-6-10-29-20/h6-7,10,13-14,16,23,37H,8-9,11-12H2,1-5H3/t23-/m0/s1/i4D3. The minimum Gasteiger partial charge on any atom is -0.384 e. The topological polar surface area (TPSA) is 109 Å². The van der Waals surface area contributed by atoms with Crippen LogP contribution in [0.1, 0.15) is 53.9 Å².